The number of fused-ring (bicyclic) bond motifs is 2. The zero-order valence-electron chi connectivity index (χ0n) is 41.8. The second-order valence-corrected chi connectivity index (χ2v) is 25.6. The molecule has 0 bridgehead atoms. The zero-order valence-corrected chi connectivity index (χ0v) is 42.8. The van der Waals surface area contributed by atoms with Gasteiger partial charge in [0, 0.05) is 76.4 Å². The van der Waals surface area contributed by atoms with E-state index in [2.05, 4.69) is 67.3 Å². The van der Waals surface area contributed by atoms with E-state index in [1.165, 1.54) is 24.5 Å². The summed E-state index contributed by atoms with van der Waals surface area (Å²) in [5.74, 6) is -2.49. The molecule has 20 nitrogen and oxygen atoms in total. The number of aromatic nitrogens is 6. The van der Waals surface area contributed by atoms with E-state index in [-0.39, 0.29) is 58.8 Å². The Morgan fingerprint density at radius 1 is 0.781 bits per heavy atom. The monoisotopic (exact) mass is 1010 g/mol. The SMILES string of the molecule is CC(C)CC(=O)c1cccc(-c2cnc3[nH]cc(C(=O)N[C@H](C)C(=O)N4CC(C#N)C4)c3n2)c1.C[C@@H](NC(=O)c1cn(COCC[Si](C)(C)C)c2ncc(-c3cccc(C(=O)O)c3)nc12)C(=O)N1CC(C#N)C1. The van der Waals surface area contributed by atoms with Crippen molar-refractivity contribution >= 4 is 65.8 Å². The zero-order chi connectivity index (χ0) is 52.7. The van der Waals surface area contributed by atoms with Crippen LogP contribution in [0, 0.1) is 40.4 Å². The number of likely N-dealkylation sites (tertiary alicyclic amines) is 2. The molecule has 2 saturated heterocycles. The fourth-order valence-corrected chi connectivity index (χ4v) is 8.81. The number of hydrogen-bond donors (Lipinski definition) is 4. The third-order valence-electron chi connectivity index (χ3n) is 12.3. The molecule has 21 heteroatoms. The molecule has 6 heterocycles. The van der Waals surface area contributed by atoms with Gasteiger partial charge in [0.1, 0.15) is 29.8 Å². The standard InChI is InChI=1S/C27H32N6O5Si.C25H26N6O3/c1-17(26(35)32-13-18(11-28)14-32)30-25(34)21-15-33(16-38-8-9-39(2,3)4)24-23(21)31-22(12-29-24)19-6-5-7-20(10-19)27(36)37;1-14(2)7-21(32)18-6-4-5-17(8-18)20-11-28-23-22(30-20)19(10-27-23)24(33)29-15(3)25(34)31-12-16(9-26)13-31/h5-7,10,12,15,17-18H,8-9,13-14,16H2,1-4H3,(H,30,34)(H,36,37);4-6,8,10-11,14-16H,7,12-13H2,1-3H3,(H,27,28)(H,29,33)/t17-;15-/m11/s1. The number of nitrogens with zero attached hydrogens (tertiary/aromatic N) is 9. The Labute approximate surface area is 422 Å². The predicted octanol–water partition coefficient (Wildman–Crippen LogP) is 6.16. The molecule has 4 amide bonds. The van der Waals surface area contributed by atoms with E-state index in [0.29, 0.717) is 84.0 Å². The summed E-state index contributed by atoms with van der Waals surface area (Å²) in [6.07, 6.45) is 6.71. The summed E-state index contributed by atoms with van der Waals surface area (Å²) < 4.78 is 7.60. The van der Waals surface area contributed by atoms with Crippen molar-refractivity contribution in [3.05, 3.63) is 95.6 Å². The van der Waals surface area contributed by atoms with Crippen LogP contribution in [0.5, 0.6) is 0 Å². The van der Waals surface area contributed by atoms with Gasteiger partial charge < -0.3 is 39.8 Å². The van der Waals surface area contributed by atoms with E-state index in [1.807, 2.05) is 19.9 Å². The van der Waals surface area contributed by atoms with E-state index >= 15 is 0 Å². The number of H-pyrrole nitrogens is 1. The van der Waals surface area contributed by atoms with E-state index in [9.17, 15) is 33.9 Å². The smallest absolute Gasteiger partial charge is 0.335 e. The summed E-state index contributed by atoms with van der Waals surface area (Å²) in [6, 6.07) is 17.2. The quantitative estimate of drug-likeness (QED) is 0.0452. The fourth-order valence-electron chi connectivity index (χ4n) is 8.05. The van der Waals surface area contributed by atoms with Crippen molar-refractivity contribution in [2.75, 3.05) is 32.8 Å². The Hall–Kier alpha value is -8.14. The molecule has 8 rings (SSSR count). The third kappa shape index (κ3) is 12.7. The Balaban J connectivity index is 0.000000216. The molecule has 2 aliphatic rings. The Bertz CT molecular complexity index is 3170. The molecule has 4 aromatic heterocycles. The van der Waals surface area contributed by atoms with E-state index in [4.69, 9.17) is 15.3 Å². The Morgan fingerprint density at radius 2 is 1.32 bits per heavy atom. The van der Waals surface area contributed by atoms with Gasteiger partial charge in [-0.15, -0.1) is 0 Å². The van der Waals surface area contributed by atoms with Gasteiger partial charge in [0.15, 0.2) is 17.1 Å². The number of carboxylic acids is 1. The van der Waals surface area contributed by atoms with Crippen molar-refractivity contribution in [3.8, 4) is 34.7 Å². The molecule has 2 fully saturated rings. The van der Waals surface area contributed by atoms with Gasteiger partial charge in [-0.1, -0.05) is 63.8 Å². The molecule has 378 valence electrons. The first-order chi connectivity index (χ1) is 34.7. The maximum Gasteiger partial charge on any atom is 0.335 e. The lowest BCUT2D eigenvalue weighted by Crippen LogP contribution is -2.55. The first-order valence-electron chi connectivity index (χ1n) is 24.0. The van der Waals surface area contributed by atoms with Crippen LogP contribution in [0.4, 0.5) is 0 Å². The van der Waals surface area contributed by atoms with Crippen molar-refractivity contribution in [1.29, 1.82) is 10.5 Å². The van der Waals surface area contributed by atoms with Gasteiger partial charge in [-0.3, -0.25) is 24.0 Å². The molecule has 2 aromatic carbocycles. The minimum absolute atomic E-state index is 0.0644. The molecule has 2 aliphatic heterocycles. The summed E-state index contributed by atoms with van der Waals surface area (Å²) >= 11 is 0. The molecular formula is C52H58N12O8Si. The van der Waals surface area contributed by atoms with E-state index < -0.39 is 37.9 Å². The highest BCUT2D eigenvalue weighted by Gasteiger charge is 2.35. The first-order valence-corrected chi connectivity index (χ1v) is 27.7. The van der Waals surface area contributed by atoms with Crippen LogP contribution >= 0.6 is 0 Å². The second-order valence-electron chi connectivity index (χ2n) is 20.0. The van der Waals surface area contributed by atoms with Crippen LogP contribution in [0.1, 0.15) is 75.5 Å². The van der Waals surface area contributed by atoms with Crippen molar-refractivity contribution in [1.82, 2.24) is 49.9 Å². The number of amides is 4. The fraction of sp³-hybridized carbons (Fsp3) is 0.385. The summed E-state index contributed by atoms with van der Waals surface area (Å²) in [5.41, 5.74) is 4.99. The Kier molecular flexibility index (Phi) is 16.2. The van der Waals surface area contributed by atoms with Crippen molar-refractivity contribution < 1.29 is 38.6 Å². The van der Waals surface area contributed by atoms with Crippen molar-refractivity contribution in [2.45, 2.75) is 78.6 Å². The van der Waals surface area contributed by atoms with Gasteiger partial charge in [0.2, 0.25) is 11.8 Å². The van der Waals surface area contributed by atoms with Crippen LogP contribution in [0.25, 0.3) is 44.8 Å². The van der Waals surface area contributed by atoms with Gasteiger partial charge >= 0.3 is 5.97 Å². The summed E-state index contributed by atoms with van der Waals surface area (Å²) in [6.45, 7) is 16.2. The van der Waals surface area contributed by atoms with Crippen molar-refractivity contribution in [3.63, 3.8) is 0 Å². The lowest BCUT2D eigenvalue weighted by Gasteiger charge is -2.37. The first kappa shape index (κ1) is 52.7. The minimum atomic E-state index is -1.29. The molecule has 0 saturated carbocycles. The number of Topliss-reactive ketones (excluding diaryl/α,β-unsaturated/α-hetero) is 1. The summed E-state index contributed by atoms with van der Waals surface area (Å²) in [4.78, 5) is 99.6. The largest absolute Gasteiger partial charge is 0.478 e. The number of ether oxygens (including phenoxy) is 1. The van der Waals surface area contributed by atoms with Crippen LogP contribution in [-0.2, 0) is 21.1 Å². The van der Waals surface area contributed by atoms with Crippen LogP contribution in [0.2, 0.25) is 25.7 Å². The lowest BCUT2D eigenvalue weighted by molar-refractivity contribution is -0.138. The number of rotatable bonds is 17. The number of carboxylic acid groups (broad SMARTS) is 1. The molecule has 2 atom stereocenters. The number of hydrogen-bond acceptors (Lipinski definition) is 13. The predicted molar refractivity (Wildman–Crippen MR) is 272 cm³/mol. The summed E-state index contributed by atoms with van der Waals surface area (Å²) in [5, 5.41) is 32.7. The topological polar surface area (TPSA) is 282 Å². The van der Waals surface area contributed by atoms with Gasteiger partial charge in [0.25, 0.3) is 11.8 Å². The number of aromatic amines is 1. The number of aromatic carboxylic acids is 1. The highest BCUT2D eigenvalue weighted by molar-refractivity contribution is 6.76. The number of benzene rings is 2. The molecule has 0 radical (unpaired) electrons. The molecule has 0 spiro atoms. The molecule has 0 unspecified atom stereocenters. The van der Waals surface area contributed by atoms with Gasteiger partial charge in [-0.25, -0.2) is 24.7 Å². The second kappa shape index (κ2) is 22.5. The number of carbonyl (C=O) groups is 6. The number of nitrogens with one attached hydrogen (secondary N) is 3. The van der Waals surface area contributed by atoms with E-state index in [1.54, 1.807) is 70.9 Å². The lowest BCUT2D eigenvalue weighted by atomic mass is 9.99. The Morgan fingerprint density at radius 3 is 1.86 bits per heavy atom. The highest BCUT2D eigenvalue weighted by Crippen LogP contribution is 2.27. The number of carbonyl (C=O) groups excluding carboxylic acids is 5. The average Bonchev–Trinajstić information content (AvgIpc) is 3.93. The normalized spacial score (nSPS) is 14.5. The van der Waals surface area contributed by atoms with Gasteiger partial charge in [-0.2, -0.15) is 10.5 Å². The molecular weight excluding hydrogens is 949 g/mol. The molecule has 0 aliphatic carbocycles. The van der Waals surface area contributed by atoms with Crippen LogP contribution < -0.4 is 10.6 Å². The summed E-state index contributed by atoms with van der Waals surface area (Å²) in [7, 11) is -1.29. The van der Waals surface area contributed by atoms with E-state index in [0.717, 1.165) is 11.6 Å². The van der Waals surface area contributed by atoms with Gasteiger partial charge in [-0.05, 0) is 44.0 Å². The van der Waals surface area contributed by atoms with Gasteiger partial charge in [0.05, 0.1) is 64.4 Å². The van der Waals surface area contributed by atoms with Crippen LogP contribution in [0.3, 0.4) is 0 Å². The van der Waals surface area contributed by atoms with Crippen molar-refractivity contribution in [2.24, 2.45) is 17.8 Å². The molecule has 73 heavy (non-hydrogen) atoms. The van der Waals surface area contributed by atoms with Crippen LogP contribution in [-0.4, -0.2) is 133 Å². The molecule has 6 aromatic rings. The number of nitriles is 2. The minimum Gasteiger partial charge on any atom is -0.478 e. The highest BCUT2D eigenvalue weighted by atomic mass is 28.3. The maximum absolute atomic E-state index is 13.4. The number of ketones is 1. The third-order valence-corrected chi connectivity index (χ3v) is 14.0. The molecule has 4 N–H and O–H groups in total. The van der Waals surface area contributed by atoms with Crippen LogP contribution in [0.15, 0.2) is 73.3 Å². The maximum atomic E-state index is 13.4. The average molecular weight is 1010 g/mol.